The number of pyridine rings is 1. The average Bonchev–Trinajstić information content (AvgIpc) is 3.10. The minimum Gasteiger partial charge on any atom is -0.444 e. The van der Waals surface area contributed by atoms with E-state index in [9.17, 15) is 4.79 Å². The quantitative estimate of drug-likeness (QED) is 0.765. The number of amides is 1. The van der Waals surface area contributed by atoms with E-state index in [2.05, 4.69) is 16.4 Å². The van der Waals surface area contributed by atoms with Gasteiger partial charge < -0.3 is 4.74 Å². The van der Waals surface area contributed by atoms with Crippen LogP contribution < -0.4 is 5.32 Å². The minimum absolute atomic E-state index is 0.194. The van der Waals surface area contributed by atoms with Crippen LogP contribution in [-0.4, -0.2) is 11.1 Å². The minimum atomic E-state index is -0.551. The highest BCUT2D eigenvalue weighted by molar-refractivity contribution is 7.16. The maximum absolute atomic E-state index is 12.0. The van der Waals surface area contributed by atoms with E-state index < -0.39 is 6.09 Å². The maximum Gasteiger partial charge on any atom is 0.412 e. The molecule has 0 saturated carbocycles. The molecule has 24 heavy (non-hydrogen) atoms. The Morgan fingerprint density at radius 2 is 2.00 bits per heavy atom. The van der Waals surface area contributed by atoms with Crippen molar-refractivity contribution >= 4 is 23.1 Å². The van der Waals surface area contributed by atoms with Crippen molar-refractivity contribution in [2.24, 2.45) is 0 Å². The number of hydrogen-bond donors (Lipinski definition) is 1. The second-order valence-corrected chi connectivity index (χ2v) is 5.95. The molecule has 1 amide bonds. The summed E-state index contributed by atoms with van der Waals surface area (Å²) in [6.07, 6.45) is 1.09. The predicted molar refractivity (Wildman–Crippen MR) is 92.5 cm³/mol. The number of benzene rings is 1. The van der Waals surface area contributed by atoms with Gasteiger partial charge in [0.1, 0.15) is 23.2 Å². The molecule has 0 aliphatic carbocycles. The van der Waals surface area contributed by atoms with Crippen LogP contribution in [0, 0.1) is 11.3 Å². The molecule has 0 aliphatic heterocycles. The molecule has 3 rings (SSSR count). The van der Waals surface area contributed by atoms with Crippen molar-refractivity contribution in [3.63, 3.8) is 0 Å². The van der Waals surface area contributed by atoms with Crippen LogP contribution in [0.1, 0.15) is 10.4 Å². The van der Waals surface area contributed by atoms with Gasteiger partial charge in [0, 0.05) is 6.20 Å². The van der Waals surface area contributed by atoms with E-state index in [0.29, 0.717) is 16.3 Å². The normalized spacial score (nSPS) is 9.96. The summed E-state index contributed by atoms with van der Waals surface area (Å²) in [5.74, 6) is 0. The summed E-state index contributed by atoms with van der Waals surface area (Å²) < 4.78 is 5.22. The van der Waals surface area contributed by atoms with Crippen molar-refractivity contribution in [1.82, 2.24) is 4.98 Å². The number of carbonyl (C=O) groups is 1. The summed E-state index contributed by atoms with van der Waals surface area (Å²) in [7, 11) is 0. The van der Waals surface area contributed by atoms with Gasteiger partial charge in [-0.1, -0.05) is 30.3 Å². The number of aromatic nitrogens is 1. The summed E-state index contributed by atoms with van der Waals surface area (Å²) >= 11 is 1.32. The van der Waals surface area contributed by atoms with Crippen molar-refractivity contribution in [1.29, 1.82) is 5.26 Å². The molecule has 118 valence electrons. The van der Waals surface area contributed by atoms with Crippen LogP contribution in [0.25, 0.3) is 10.6 Å². The number of thiophene rings is 1. The summed E-state index contributed by atoms with van der Waals surface area (Å²) in [5.41, 5.74) is 2.07. The lowest BCUT2D eigenvalue weighted by Crippen LogP contribution is -2.14. The number of rotatable bonds is 4. The first-order chi connectivity index (χ1) is 11.8. The fourth-order valence-corrected chi connectivity index (χ4v) is 2.91. The Kier molecular flexibility index (Phi) is 4.84. The number of carbonyl (C=O) groups excluding carboxylic acids is 1. The maximum atomic E-state index is 12.0. The van der Waals surface area contributed by atoms with E-state index in [-0.39, 0.29) is 6.61 Å². The molecule has 0 radical (unpaired) electrons. The van der Waals surface area contributed by atoms with Gasteiger partial charge in [-0.25, -0.2) is 4.79 Å². The second kappa shape index (κ2) is 7.40. The van der Waals surface area contributed by atoms with Crippen molar-refractivity contribution in [3.8, 4) is 16.6 Å². The van der Waals surface area contributed by atoms with Crippen molar-refractivity contribution in [3.05, 3.63) is 71.2 Å². The van der Waals surface area contributed by atoms with Crippen LogP contribution in [0.15, 0.2) is 60.8 Å². The third kappa shape index (κ3) is 3.77. The van der Waals surface area contributed by atoms with Crippen LogP contribution in [0.5, 0.6) is 0 Å². The highest BCUT2D eigenvalue weighted by Gasteiger charge is 2.12. The Hall–Kier alpha value is -3.17. The monoisotopic (exact) mass is 335 g/mol. The number of nitrogens with one attached hydrogen (secondary N) is 1. The van der Waals surface area contributed by atoms with Crippen LogP contribution in [0.4, 0.5) is 10.5 Å². The van der Waals surface area contributed by atoms with E-state index in [1.807, 2.05) is 36.4 Å². The highest BCUT2D eigenvalue weighted by Crippen LogP contribution is 2.31. The lowest BCUT2D eigenvalue weighted by atomic mass is 10.2. The van der Waals surface area contributed by atoms with Gasteiger partial charge in [0.05, 0.1) is 10.6 Å². The lowest BCUT2D eigenvalue weighted by molar-refractivity contribution is 0.155. The fraction of sp³-hybridized carbons (Fsp3) is 0.0556. The smallest absolute Gasteiger partial charge is 0.412 e. The van der Waals surface area contributed by atoms with Crippen LogP contribution in [0.2, 0.25) is 0 Å². The molecule has 3 aromatic rings. The molecule has 5 nitrogen and oxygen atoms in total. The zero-order chi connectivity index (χ0) is 16.8. The van der Waals surface area contributed by atoms with Gasteiger partial charge in [-0.05, 0) is 29.8 Å². The topological polar surface area (TPSA) is 75.0 Å². The number of anilines is 1. The Morgan fingerprint density at radius 1 is 1.17 bits per heavy atom. The van der Waals surface area contributed by atoms with Gasteiger partial charge in [0.2, 0.25) is 0 Å². The molecule has 2 heterocycles. The molecular weight excluding hydrogens is 322 g/mol. The van der Waals surface area contributed by atoms with Crippen molar-refractivity contribution < 1.29 is 9.53 Å². The van der Waals surface area contributed by atoms with Gasteiger partial charge in [-0.15, -0.1) is 11.3 Å². The Labute approximate surface area is 143 Å². The number of nitrogens with zero attached hydrogens (tertiary/aromatic N) is 2. The fourth-order valence-electron chi connectivity index (χ4n) is 2.10. The van der Waals surface area contributed by atoms with Crippen molar-refractivity contribution in [2.75, 3.05) is 5.32 Å². The number of nitriles is 1. The standard InChI is InChI=1S/C18H13N3O2S/c19-11-14-8-9-16(24-14)17-15(7-4-10-20-17)21-18(22)23-12-13-5-2-1-3-6-13/h1-10H,12H2,(H,21,22). The molecule has 0 spiro atoms. The van der Waals surface area contributed by atoms with E-state index in [1.54, 1.807) is 24.4 Å². The number of hydrogen-bond acceptors (Lipinski definition) is 5. The second-order valence-electron chi connectivity index (χ2n) is 4.86. The summed E-state index contributed by atoms with van der Waals surface area (Å²) in [4.78, 5) is 17.7. The summed E-state index contributed by atoms with van der Waals surface area (Å²) in [5, 5.41) is 11.6. The number of ether oxygens (including phenoxy) is 1. The third-order valence-corrected chi connectivity index (χ3v) is 4.20. The van der Waals surface area contributed by atoms with Gasteiger partial charge in [-0.2, -0.15) is 5.26 Å². The molecule has 0 unspecified atom stereocenters. The zero-order valence-electron chi connectivity index (χ0n) is 12.6. The van der Waals surface area contributed by atoms with E-state index >= 15 is 0 Å². The van der Waals surface area contributed by atoms with E-state index in [1.165, 1.54) is 11.3 Å². The molecule has 1 N–H and O–H groups in total. The molecule has 6 heteroatoms. The lowest BCUT2D eigenvalue weighted by Gasteiger charge is -2.09. The first-order valence-corrected chi connectivity index (χ1v) is 8.01. The predicted octanol–water partition coefficient (Wildman–Crippen LogP) is 4.43. The van der Waals surface area contributed by atoms with E-state index in [0.717, 1.165) is 10.4 Å². The summed E-state index contributed by atoms with van der Waals surface area (Å²) in [6.45, 7) is 0.194. The Morgan fingerprint density at radius 3 is 2.75 bits per heavy atom. The first kappa shape index (κ1) is 15.7. The Bertz CT molecular complexity index is 885. The highest BCUT2D eigenvalue weighted by atomic mass is 32.1. The largest absolute Gasteiger partial charge is 0.444 e. The summed E-state index contributed by atoms with van der Waals surface area (Å²) in [6, 6.07) is 18.6. The molecule has 1 aromatic carbocycles. The van der Waals surface area contributed by atoms with Crippen LogP contribution >= 0.6 is 11.3 Å². The first-order valence-electron chi connectivity index (χ1n) is 7.19. The molecule has 0 fully saturated rings. The van der Waals surface area contributed by atoms with Gasteiger partial charge in [-0.3, -0.25) is 10.3 Å². The average molecular weight is 335 g/mol. The van der Waals surface area contributed by atoms with Gasteiger partial charge in [0.15, 0.2) is 0 Å². The Balaban J connectivity index is 1.71. The van der Waals surface area contributed by atoms with E-state index in [4.69, 9.17) is 10.00 Å². The molecule has 0 atom stereocenters. The molecule has 0 aliphatic rings. The van der Waals surface area contributed by atoms with Gasteiger partial charge in [0.25, 0.3) is 0 Å². The van der Waals surface area contributed by atoms with Crippen LogP contribution in [-0.2, 0) is 11.3 Å². The van der Waals surface area contributed by atoms with Crippen LogP contribution in [0.3, 0.4) is 0 Å². The van der Waals surface area contributed by atoms with Crippen molar-refractivity contribution in [2.45, 2.75) is 6.61 Å². The molecule has 0 saturated heterocycles. The molecule has 0 bridgehead atoms. The zero-order valence-corrected chi connectivity index (χ0v) is 13.4. The molecular formula is C18H13N3O2S. The SMILES string of the molecule is N#Cc1ccc(-c2ncccc2NC(=O)OCc2ccccc2)s1. The molecule has 2 aromatic heterocycles. The van der Waals surface area contributed by atoms with Gasteiger partial charge >= 0.3 is 6.09 Å². The third-order valence-electron chi connectivity index (χ3n) is 3.21.